The molecule has 1 aromatic carbocycles. The van der Waals surface area contributed by atoms with E-state index < -0.39 is 0 Å². The van der Waals surface area contributed by atoms with Gasteiger partial charge in [0.1, 0.15) is 0 Å². The average Bonchev–Trinajstić information content (AvgIpc) is 3.15. The number of ether oxygens (including phenoxy) is 1. The SMILES string of the molecule is COCC(NC(C)c1cc(C)ccc1C)C1CC1. The summed E-state index contributed by atoms with van der Waals surface area (Å²) in [4.78, 5) is 0. The lowest BCUT2D eigenvalue weighted by atomic mass is 9.99. The molecule has 100 valence electrons. The fraction of sp³-hybridized carbons (Fsp3) is 0.625. The second kappa shape index (κ2) is 5.85. The van der Waals surface area contributed by atoms with Crippen molar-refractivity contribution in [2.45, 2.75) is 45.7 Å². The highest BCUT2D eigenvalue weighted by Crippen LogP contribution is 2.34. The van der Waals surface area contributed by atoms with Crippen molar-refractivity contribution in [1.29, 1.82) is 0 Å². The Hall–Kier alpha value is -0.860. The zero-order valence-corrected chi connectivity index (χ0v) is 12.0. The first-order chi connectivity index (χ1) is 8.61. The van der Waals surface area contributed by atoms with Crippen LogP contribution < -0.4 is 5.32 Å². The molecule has 2 heteroatoms. The Bertz CT molecular complexity index is 398. The summed E-state index contributed by atoms with van der Waals surface area (Å²) in [6.45, 7) is 7.42. The fourth-order valence-corrected chi connectivity index (χ4v) is 2.64. The average molecular weight is 247 g/mol. The second-order valence-corrected chi connectivity index (χ2v) is 5.65. The predicted molar refractivity (Wildman–Crippen MR) is 75.9 cm³/mol. The molecule has 2 rings (SSSR count). The molecule has 1 aliphatic carbocycles. The molecule has 0 radical (unpaired) electrons. The lowest BCUT2D eigenvalue weighted by Gasteiger charge is -2.24. The van der Waals surface area contributed by atoms with Crippen LogP contribution in [-0.2, 0) is 4.74 Å². The standard InChI is InChI=1S/C16H25NO/c1-11-5-6-12(2)15(9-11)13(3)17-16(10-18-4)14-7-8-14/h5-6,9,13-14,16-17H,7-8,10H2,1-4H3. The van der Waals surface area contributed by atoms with Crippen molar-refractivity contribution in [1.82, 2.24) is 5.32 Å². The maximum atomic E-state index is 5.33. The van der Waals surface area contributed by atoms with E-state index in [-0.39, 0.29) is 0 Å². The summed E-state index contributed by atoms with van der Waals surface area (Å²) in [6.07, 6.45) is 2.70. The van der Waals surface area contributed by atoms with E-state index in [0.29, 0.717) is 12.1 Å². The van der Waals surface area contributed by atoms with Crippen LogP contribution in [-0.4, -0.2) is 19.8 Å². The number of rotatable bonds is 6. The van der Waals surface area contributed by atoms with Gasteiger partial charge in [-0.2, -0.15) is 0 Å². The fourth-order valence-electron chi connectivity index (χ4n) is 2.64. The van der Waals surface area contributed by atoms with Gasteiger partial charge in [-0.05, 0) is 50.7 Å². The van der Waals surface area contributed by atoms with Crippen LogP contribution in [0.4, 0.5) is 0 Å². The molecule has 1 N–H and O–H groups in total. The minimum Gasteiger partial charge on any atom is -0.383 e. The van der Waals surface area contributed by atoms with Crippen molar-refractivity contribution in [3.8, 4) is 0 Å². The van der Waals surface area contributed by atoms with Crippen LogP contribution in [0.25, 0.3) is 0 Å². The molecule has 0 bridgehead atoms. The highest BCUT2D eigenvalue weighted by atomic mass is 16.5. The van der Waals surface area contributed by atoms with Crippen molar-refractivity contribution in [2.24, 2.45) is 5.92 Å². The van der Waals surface area contributed by atoms with Crippen molar-refractivity contribution < 1.29 is 4.74 Å². The summed E-state index contributed by atoms with van der Waals surface area (Å²) in [7, 11) is 1.79. The van der Waals surface area contributed by atoms with Crippen LogP contribution in [0, 0.1) is 19.8 Å². The van der Waals surface area contributed by atoms with Crippen molar-refractivity contribution in [2.75, 3.05) is 13.7 Å². The molecule has 0 spiro atoms. The van der Waals surface area contributed by atoms with Gasteiger partial charge in [0.25, 0.3) is 0 Å². The zero-order chi connectivity index (χ0) is 13.1. The molecule has 0 saturated heterocycles. The maximum Gasteiger partial charge on any atom is 0.0618 e. The first-order valence-corrected chi connectivity index (χ1v) is 6.94. The van der Waals surface area contributed by atoms with Crippen LogP contribution in [0.3, 0.4) is 0 Å². The Morgan fingerprint density at radius 2 is 2.06 bits per heavy atom. The summed E-state index contributed by atoms with van der Waals surface area (Å²) in [5.41, 5.74) is 4.11. The van der Waals surface area contributed by atoms with Gasteiger partial charge < -0.3 is 10.1 Å². The van der Waals surface area contributed by atoms with E-state index in [1.165, 1.54) is 29.5 Å². The van der Waals surface area contributed by atoms with Crippen LogP contribution in [0.5, 0.6) is 0 Å². The molecule has 18 heavy (non-hydrogen) atoms. The van der Waals surface area contributed by atoms with E-state index in [1.807, 2.05) is 0 Å². The number of hydrogen-bond acceptors (Lipinski definition) is 2. The van der Waals surface area contributed by atoms with E-state index in [2.05, 4.69) is 44.3 Å². The number of hydrogen-bond donors (Lipinski definition) is 1. The van der Waals surface area contributed by atoms with Gasteiger partial charge in [0.15, 0.2) is 0 Å². The highest BCUT2D eigenvalue weighted by Gasteiger charge is 2.32. The van der Waals surface area contributed by atoms with E-state index >= 15 is 0 Å². The van der Waals surface area contributed by atoms with Crippen molar-refractivity contribution >= 4 is 0 Å². The molecule has 0 amide bonds. The molecule has 0 heterocycles. The molecule has 1 saturated carbocycles. The van der Waals surface area contributed by atoms with Crippen molar-refractivity contribution in [3.63, 3.8) is 0 Å². The molecule has 2 nitrogen and oxygen atoms in total. The van der Waals surface area contributed by atoms with Crippen molar-refractivity contribution in [3.05, 3.63) is 34.9 Å². The van der Waals surface area contributed by atoms with Crippen LogP contribution >= 0.6 is 0 Å². The Balaban J connectivity index is 2.05. The number of aryl methyl sites for hydroxylation is 2. The van der Waals surface area contributed by atoms with Gasteiger partial charge in [0, 0.05) is 19.2 Å². The quantitative estimate of drug-likeness (QED) is 0.832. The number of nitrogens with one attached hydrogen (secondary N) is 1. The van der Waals surface area contributed by atoms with E-state index in [9.17, 15) is 0 Å². The molecule has 0 aliphatic heterocycles. The van der Waals surface area contributed by atoms with Gasteiger partial charge in [-0.15, -0.1) is 0 Å². The summed E-state index contributed by atoms with van der Waals surface area (Å²) < 4.78 is 5.33. The third-order valence-electron chi connectivity index (χ3n) is 3.90. The summed E-state index contributed by atoms with van der Waals surface area (Å²) in [5, 5.41) is 3.74. The molecule has 2 unspecified atom stereocenters. The molecular weight excluding hydrogens is 222 g/mol. The predicted octanol–water partition coefficient (Wildman–Crippen LogP) is 3.38. The number of methoxy groups -OCH3 is 1. The molecule has 2 atom stereocenters. The lowest BCUT2D eigenvalue weighted by molar-refractivity contribution is 0.152. The third-order valence-corrected chi connectivity index (χ3v) is 3.90. The van der Waals surface area contributed by atoms with Gasteiger partial charge in [-0.25, -0.2) is 0 Å². The monoisotopic (exact) mass is 247 g/mol. The van der Waals surface area contributed by atoms with Gasteiger partial charge in [0.05, 0.1) is 6.61 Å². The number of benzene rings is 1. The molecule has 0 aromatic heterocycles. The van der Waals surface area contributed by atoms with Gasteiger partial charge >= 0.3 is 0 Å². The van der Waals surface area contributed by atoms with Crippen LogP contribution in [0.1, 0.15) is 42.5 Å². The smallest absolute Gasteiger partial charge is 0.0618 e. The molecule has 1 aromatic rings. The summed E-state index contributed by atoms with van der Waals surface area (Å²) in [6, 6.07) is 7.59. The second-order valence-electron chi connectivity index (χ2n) is 5.65. The lowest BCUT2D eigenvalue weighted by Crippen LogP contribution is -2.37. The van der Waals surface area contributed by atoms with Gasteiger partial charge in [0.2, 0.25) is 0 Å². The molecular formula is C16H25NO. The first-order valence-electron chi connectivity index (χ1n) is 6.94. The van der Waals surface area contributed by atoms with Gasteiger partial charge in [-0.1, -0.05) is 23.8 Å². The van der Waals surface area contributed by atoms with E-state index in [4.69, 9.17) is 4.74 Å². The highest BCUT2D eigenvalue weighted by molar-refractivity contribution is 5.32. The normalized spacial score (nSPS) is 18.7. The Morgan fingerprint density at radius 3 is 2.67 bits per heavy atom. The Morgan fingerprint density at radius 1 is 1.33 bits per heavy atom. The largest absolute Gasteiger partial charge is 0.383 e. The zero-order valence-electron chi connectivity index (χ0n) is 12.0. The molecule has 1 aliphatic rings. The van der Waals surface area contributed by atoms with E-state index in [0.717, 1.165) is 12.5 Å². The van der Waals surface area contributed by atoms with Crippen LogP contribution in [0.15, 0.2) is 18.2 Å². The first kappa shape index (κ1) is 13.6. The topological polar surface area (TPSA) is 21.3 Å². The Labute approximate surface area is 111 Å². The maximum absolute atomic E-state index is 5.33. The minimum absolute atomic E-state index is 0.394. The summed E-state index contributed by atoms with van der Waals surface area (Å²) >= 11 is 0. The van der Waals surface area contributed by atoms with Crippen LogP contribution in [0.2, 0.25) is 0 Å². The summed E-state index contributed by atoms with van der Waals surface area (Å²) in [5.74, 6) is 0.817. The van der Waals surface area contributed by atoms with E-state index in [1.54, 1.807) is 7.11 Å². The van der Waals surface area contributed by atoms with Gasteiger partial charge in [-0.3, -0.25) is 0 Å². The minimum atomic E-state index is 0.394. The Kier molecular flexibility index (Phi) is 4.41. The molecule has 1 fully saturated rings. The third kappa shape index (κ3) is 3.33.